The maximum Gasteiger partial charge on any atom is 0.311 e. The summed E-state index contributed by atoms with van der Waals surface area (Å²) in [6.45, 7) is 4.00. The van der Waals surface area contributed by atoms with Crippen LogP contribution in [0.2, 0.25) is 0 Å². The third-order valence-corrected chi connectivity index (χ3v) is 3.23. The third kappa shape index (κ3) is 4.57. The van der Waals surface area contributed by atoms with Gasteiger partial charge < -0.3 is 10.4 Å². The number of amidine groups is 1. The molecule has 7 nitrogen and oxygen atoms in total. The fourth-order valence-electron chi connectivity index (χ4n) is 1.28. The number of fused-ring (bicyclic) bond motifs is 1. The van der Waals surface area contributed by atoms with E-state index in [0.29, 0.717) is 5.69 Å². The van der Waals surface area contributed by atoms with Gasteiger partial charge in [0.25, 0.3) is 10.0 Å². The van der Waals surface area contributed by atoms with E-state index < -0.39 is 22.4 Å². The zero-order chi connectivity index (χ0) is 13.8. The second-order valence-corrected chi connectivity index (χ2v) is 4.65. The van der Waals surface area contributed by atoms with Gasteiger partial charge in [-0.15, -0.1) is 4.40 Å². The van der Waals surface area contributed by atoms with Crippen molar-refractivity contribution in [3.05, 3.63) is 18.5 Å². The first-order chi connectivity index (χ1) is 8.49. The van der Waals surface area contributed by atoms with Crippen molar-refractivity contribution in [3.8, 4) is 0 Å². The molecule has 0 aliphatic carbocycles. The molecule has 1 aromatic heterocycles. The number of carbonyl (C=O) groups is 1. The summed E-state index contributed by atoms with van der Waals surface area (Å²) >= 11 is 0. The predicted octanol–water partition coefficient (Wildman–Crippen LogP) is 0.960. The zero-order valence-electron chi connectivity index (χ0n) is 10.9. The second-order valence-electron chi connectivity index (χ2n) is 3.08. The monoisotopic (exact) mass is 296 g/mol. The van der Waals surface area contributed by atoms with E-state index in [-0.39, 0.29) is 41.7 Å². The van der Waals surface area contributed by atoms with Gasteiger partial charge in [0.05, 0.1) is 5.69 Å². The van der Waals surface area contributed by atoms with Crippen LogP contribution in [0.25, 0.3) is 0 Å². The molecule has 0 aromatic carbocycles. The van der Waals surface area contributed by atoms with Crippen molar-refractivity contribution in [2.75, 3.05) is 5.32 Å². The first-order valence-electron chi connectivity index (χ1n) is 5.26. The van der Waals surface area contributed by atoms with Gasteiger partial charge in [0.15, 0.2) is 0 Å². The molecule has 101 valence electrons. The van der Waals surface area contributed by atoms with Crippen LogP contribution >= 0.6 is 0 Å². The molecule has 0 saturated heterocycles. The van der Waals surface area contributed by atoms with Crippen LogP contribution in [-0.4, -0.2) is 59.9 Å². The van der Waals surface area contributed by atoms with E-state index >= 15 is 0 Å². The molecular formula is C10H15N3NaO4S. The standard InChI is InChI=1S/C8H7N3O4S.C2H6.Na.H2/c12-8(13)3-7-10-5-1-2-9-4-6(5)16(14,15)11-7;1-2;;/h1-2,4H,3H2,(H,10,11)(H,12,13);1-2H3;;1H. The molecule has 1 aliphatic heterocycles. The number of hydrogen-bond acceptors (Lipinski definition) is 5. The minimum absolute atomic E-state index is 0. The van der Waals surface area contributed by atoms with Crippen molar-refractivity contribution in [2.24, 2.45) is 4.40 Å². The smallest absolute Gasteiger partial charge is 0.311 e. The summed E-state index contributed by atoms with van der Waals surface area (Å²) in [5, 5.41) is 11.2. The van der Waals surface area contributed by atoms with Gasteiger partial charge in [0, 0.05) is 43.4 Å². The van der Waals surface area contributed by atoms with Gasteiger partial charge in [-0.25, -0.2) is 0 Å². The summed E-state index contributed by atoms with van der Waals surface area (Å²) in [6, 6.07) is 1.45. The van der Waals surface area contributed by atoms with Gasteiger partial charge in [-0.1, -0.05) is 13.8 Å². The molecule has 0 saturated carbocycles. The van der Waals surface area contributed by atoms with Crippen molar-refractivity contribution in [2.45, 2.75) is 25.2 Å². The molecule has 1 radical (unpaired) electrons. The molecule has 0 unspecified atom stereocenters. The van der Waals surface area contributed by atoms with Crippen molar-refractivity contribution in [1.29, 1.82) is 0 Å². The average Bonchev–Trinajstić information content (AvgIpc) is 2.30. The van der Waals surface area contributed by atoms with Gasteiger partial charge in [-0.05, 0) is 6.07 Å². The van der Waals surface area contributed by atoms with Gasteiger partial charge in [0.1, 0.15) is 17.2 Å². The van der Waals surface area contributed by atoms with E-state index in [1.165, 1.54) is 18.5 Å². The van der Waals surface area contributed by atoms with Crippen LogP contribution < -0.4 is 5.32 Å². The van der Waals surface area contributed by atoms with Gasteiger partial charge in [-0.3, -0.25) is 9.78 Å². The molecule has 1 aliphatic rings. The number of hydrogen-bond donors (Lipinski definition) is 2. The SMILES string of the molecule is CC.O=C(O)CC1=NS(=O)(=O)c2cnccc2N1.[HH].[Na]. The number of aromatic nitrogens is 1. The molecule has 1 aromatic rings. The first-order valence-corrected chi connectivity index (χ1v) is 6.70. The summed E-state index contributed by atoms with van der Waals surface area (Å²) in [5.74, 6) is -1.26. The summed E-state index contributed by atoms with van der Waals surface area (Å²) in [5.41, 5.74) is 0.293. The Balaban J connectivity index is 0. The number of carboxylic acid groups (broad SMARTS) is 1. The summed E-state index contributed by atoms with van der Waals surface area (Å²) in [4.78, 5) is 14.1. The minimum atomic E-state index is -3.84. The van der Waals surface area contributed by atoms with E-state index in [0.717, 1.165) is 0 Å². The number of anilines is 1. The fourth-order valence-corrected chi connectivity index (χ4v) is 2.37. The van der Waals surface area contributed by atoms with Crippen molar-refractivity contribution in [1.82, 2.24) is 4.98 Å². The largest absolute Gasteiger partial charge is 0.481 e. The number of sulfonamides is 1. The van der Waals surface area contributed by atoms with Gasteiger partial charge in [0.2, 0.25) is 0 Å². The van der Waals surface area contributed by atoms with E-state index in [9.17, 15) is 13.2 Å². The van der Waals surface area contributed by atoms with Crippen LogP contribution in [0.1, 0.15) is 21.7 Å². The molecule has 0 spiro atoms. The molecular weight excluding hydrogens is 281 g/mol. The van der Waals surface area contributed by atoms with E-state index in [4.69, 9.17) is 5.11 Å². The van der Waals surface area contributed by atoms with E-state index in [1.807, 2.05) is 13.8 Å². The Bertz CT molecular complexity index is 592. The predicted molar refractivity (Wildman–Crippen MR) is 73.9 cm³/mol. The summed E-state index contributed by atoms with van der Waals surface area (Å²) in [6.07, 6.45) is 2.10. The number of carboxylic acids is 1. The average molecular weight is 296 g/mol. The number of aliphatic carboxylic acids is 1. The molecule has 0 atom stereocenters. The van der Waals surface area contributed by atoms with Gasteiger partial charge >= 0.3 is 5.97 Å². The number of rotatable bonds is 2. The normalized spacial score (nSPS) is 14.5. The molecule has 0 bridgehead atoms. The van der Waals surface area contributed by atoms with Crippen LogP contribution in [0.4, 0.5) is 5.69 Å². The Labute approximate surface area is 135 Å². The molecule has 2 heterocycles. The summed E-state index contributed by atoms with van der Waals surface area (Å²) in [7, 11) is -3.84. The van der Waals surface area contributed by atoms with Gasteiger partial charge in [-0.2, -0.15) is 8.42 Å². The van der Waals surface area contributed by atoms with Crippen molar-refractivity contribution >= 4 is 57.1 Å². The fraction of sp³-hybridized carbons (Fsp3) is 0.300. The molecule has 0 fully saturated rings. The Hall–Kier alpha value is -0.960. The number of nitrogens with one attached hydrogen (secondary N) is 1. The molecule has 0 amide bonds. The molecule has 2 N–H and O–H groups in total. The maximum atomic E-state index is 11.6. The number of nitrogens with zero attached hydrogens (tertiary/aromatic N) is 2. The number of pyridine rings is 1. The molecule has 9 heteroatoms. The van der Waals surface area contributed by atoms with Crippen LogP contribution in [0, 0.1) is 0 Å². The van der Waals surface area contributed by atoms with Crippen LogP contribution in [-0.2, 0) is 14.8 Å². The van der Waals surface area contributed by atoms with Crippen LogP contribution in [0.15, 0.2) is 27.8 Å². The molecule has 2 rings (SSSR count). The van der Waals surface area contributed by atoms with Crippen molar-refractivity contribution < 1.29 is 19.7 Å². The first kappa shape index (κ1) is 18.0. The summed E-state index contributed by atoms with van der Waals surface area (Å²) < 4.78 is 26.6. The van der Waals surface area contributed by atoms with Crippen molar-refractivity contribution in [3.63, 3.8) is 0 Å². The zero-order valence-corrected chi connectivity index (χ0v) is 13.7. The maximum absolute atomic E-state index is 11.6. The van der Waals surface area contributed by atoms with E-state index in [1.54, 1.807) is 0 Å². The third-order valence-electron chi connectivity index (χ3n) is 1.89. The minimum Gasteiger partial charge on any atom is -0.481 e. The molecule has 19 heavy (non-hydrogen) atoms. The Morgan fingerprint density at radius 3 is 2.68 bits per heavy atom. The topological polar surface area (TPSA) is 109 Å². The van der Waals surface area contributed by atoms with Crippen LogP contribution in [0.5, 0.6) is 0 Å². The Kier molecular flexibility index (Phi) is 7.20. The van der Waals surface area contributed by atoms with Crippen LogP contribution in [0.3, 0.4) is 0 Å². The Morgan fingerprint density at radius 2 is 2.11 bits per heavy atom. The Morgan fingerprint density at radius 1 is 1.47 bits per heavy atom. The second kappa shape index (κ2) is 7.59. The van der Waals surface area contributed by atoms with E-state index in [2.05, 4.69) is 14.7 Å². The quantitative estimate of drug-likeness (QED) is 0.787.